The molecule has 1 unspecified atom stereocenters. The van der Waals surface area contributed by atoms with Gasteiger partial charge in [0, 0.05) is 5.56 Å². The van der Waals surface area contributed by atoms with Crippen LogP contribution in [0, 0.1) is 5.41 Å². The highest BCUT2D eigenvalue weighted by Crippen LogP contribution is 2.39. The first-order valence-corrected chi connectivity index (χ1v) is 6.93. The summed E-state index contributed by atoms with van der Waals surface area (Å²) >= 11 is 0. The number of rotatable bonds is 2. The third kappa shape index (κ3) is 2.41. The van der Waals surface area contributed by atoms with E-state index in [-0.39, 0.29) is 17.2 Å². The normalized spacial score (nSPS) is 21.8. The molecule has 0 saturated carbocycles. The van der Waals surface area contributed by atoms with Crippen molar-refractivity contribution in [3.63, 3.8) is 0 Å². The maximum Gasteiger partial charge on any atom is 0.244 e. The van der Waals surface area contributed by atoms with Gasteiger partial charge in [0.1, 0.15) is 5.75 Å². The Labute approximate surface area is 118 Å². The summed E-state index contributed by atoms with van der Waals surface area (Å²) in [6.07, 6.45) is 2.31. The van der Waals surface area contributed by atoms with Gasteiger partial charge in [0.05, 0.1) is 6.04 Å². The monoisotopic (exact) mass is 273 g/mol. The van der Waals surface area contributed by atoms with E-state index in [1.54, 1.807) is 24.3 Å². The summed E-state index contributed by atoms with van der Waals surface area (Å²) in [5.74, 6) is 1.42. The Hall–Kier alpha value is -1.88. The van der Waals surface area contributed by atoms with Gasteiger partial charge in [-0.25, -0.2) is 0 Å². The Kier molecular flexibility index (Phi) is 3.22. The van der Waals surface area contributed by atoms with Crippen LogP contribution in [0.15, 0.2) is 28.8 Å². The van der Waals surface area contributed by atoms with Crippen LogP contribution < -0.4 is 5.32 Å². The van der Waals surface area contributed by atoms with Crippen molar-refractivity contribution in [2.45, 2.75) is 32.7 Å². The Morgan fingerprint density at radius 2 is 2.05 bits per heavy atom. The van der Waals surface area contributed by atoms with Crippen LogP contribution in [-0.2, 0) is 0 Å². The molecule has 1 aromatic heterocycles. The van der Waals surface area contributed by atoms with Crippen LogP contribution in [0.4, 0.5) is 0 Å². The summed E-state index contributed by atoms with van der Waals surface area (Å²) in [4.78, 5) is 4.51. The van der Waals surface area contributed by atoms with E-state index >= 15 is 0 Å². The fraction of sp³-hybridized carbons (Fsp3) is 0.467. The van der Waals surface area contributed by atoms with Crippen LogP contribution >= 0.6 is 0 Å². The first-order valence-electron chi connectivity index (χ1n) is 6.93. The first kappa shape index (κ1) is 13.1. The first-order chi connectivity index (χ1) is 9.56. The molecular weight excluding hydrogens is 254 g/mol. The molecule has 1 fully saturated rings. The van der Waals surface area contributed by atoms with E-state index in [2.05, 4.69) is 29.3 Å². The summed E-state index contributed by atoms with van der Waals surface area (Å²) < 4.78 is 5.44. The van der Waals surface area contributed by atoms with E-state index in [0.717, 1.165) is 18.5 Å². The number of benzene rings is 1. The average molecular weight is 273 g/mol. The minimum atomic E-state index is 0.0922. The number of phenols is 1. The quantitative estimate of drug-likeness (QED) is 0.880. The van der Waals surface area contributed by atoms with Gasteiger partial charge >= 0.3 is 0 Å². The van der Waals surface area contributed by atoms with E-state index in [1.807, 2.05) is 0 Å². The molecule has 3 rings (SSSR count). The highest BCUT2D eigenvalue weighted by molar-refractivity contribution is 5.55. The third-order valence-electron chi connectivity index (χ3n) is 3.94. The lowest BCUT2D eigenvalue weighted by Gasteiger charge is -2.36. The zero-order valence-electron chi connectivity index (χ0n) is 11.8. The molecule has 20 heavy (non-hydrogen) atoms. The predicted molar refractivity (Wildman–Crippen MR) is 75.2 cm³/mol. The van der Waals surface area contributed by atoms with Crippen molar-refractivity contribution < 1.29 is 9.63 Å². The number of hydrogen-bond donors (Lipinski definition) is 2. The maximum atomic E-state index is 9.31. The number of nitrogens with zero attached hydrogens (tertiary/aromatic N) is 2. The van der Waals surface area contributed by atoms with Gasteiger partial charge in [0.2, 0.25) is 11.7 Å². The highest BCUT2D eigenvalue weighted by Gasteiger charge is 2.37. The second-order valence-corrected chi connectivity index (χ2v) is 5.98. The fourth-order valence-electron chi connectivity index (χ4n) is 2.71. The van der Waals surface area contributed by atoms with E-state index in [9.17, 15) is 5.11 Å². The molecule has 5 heteroatoms. The summed E-state index contributed by atoms with van der Waals surface area (Å²) in [5, 5.41) is 16.8. The van der Waals surface area contributed by atoms with Gasteiger partial charge in [0.15, 0.2) is 0 Å². The number of aromatic nitrogens is 2. The smallest absolute Gasteiger partial charge is 0.244 e. The molecular formula is C15H19N3O2. The highest BCUT2D eigenvalue weighted by atomic mass is 16.5. The van der Waals surface area contributed by atoms with Crippen LogP contribution in [0.1, 0.15) is 38.6 Å². The van der Waals surface area contributed by atoms with E-state index in [4.69, 9.17) is 4.52 Å². The van der Waals surface area contributed by atoms with E-state index in [1.165, 1.54) is 6.42 Å². The zero-order chi connectivity index (χ0) is 14.2. The van der Waals surface area contributed by atoms with Gasteiger partial charge in [-0.2, -0.15) is 4.98 Å². The Bertz CT molecular complexity index is 589. The number of nitrogens with one attached hydrogen (secondary N) is 1. The molecule has 1 atom stereocenters. The predicted octanol–water partition coefficient (Wildman–Crippen LogP) is 2.89. The molecule has 5 nitrogen and oxygen atoms in total. The zero-order valence-corrected chi connectivity index (χ0v) is 11.8. The lowest BCUT2D eigenvalue weighted by Crippen LogP contribution is -2.39. The summed E-state index contributed by atoms with van der Waals surface area (Å²) in [6.45, 7) is 5.41. The van der Waals surface area contributed by atoms with Crippen molar-refractivity contribution >= 4 is 0 Å². The standard InChI is InChI=1S/C15H19N3O2/c1-15(2)8-3-9-16-12(15)14-17-13(18-20-14)10-4-6-11(19)7-5-10/h4-7,12,16,19H,3,8-9H2,1-2H3. The van der Waals surface area contributed by atoms with Crippen molar-refractivity contribution in [1.29, 1.82) is 0 Å². The molecule has 2 heterocycles. The Balaban J connectivity index is 1.88. The van der Waals surface area contributed by atoms with Crippen LogP contribution in [0.25, 0.3) is 11.4 Å². The van der Waals surface area contributed by atoms with E-state index < -0.39 is 0 Å². The van der Waals surface area contributed by atoms with Gasteiger partial charge in [0.25, 0.3) is 0 Å². The Morgan fingerprint density at radius 1 is 1.30 bits per heavy atom. The molecule has 0 radical (unpaired) electrons. The second-order valence-electron chi connectivity index (χ2n) is 5.98. The maximum absolute atomic E-state index is 9.31. The summed E-state index contributed by atoms with van der Waals surface area (Å²) in [5.41, 5.74) is 0.947. The summed E-state index contributed by atoms with van der Waals surface area (Å²) in [6, 6.07) is 6.89. The lowest BCUT2D eigenvalue weighted by atomic mass is 9.77. The minimum Gasteiger partial charge on any atom is -0.508 e. The van der Waals surface area contributed by atoms with Crippen molar-refractivity contribution in [2.75, 3.05) is 6.54 Å². The molecule has 0 bridgehead atoms. The molecule has 0 aliphatic carbocycles. The SMILES string of the molecule is CC1(C)CCCNC1c1nc(-c2ccc(O)cc2)no1. The molecule has 106 valence electrons. The van der Waals surface area contributed by atoms with Crippen LogP contribution in [-0.4, -0.2) is 21.8 Å². The van der Waals surface area contributed by atoms with Crippen molar-refractivity contribution in [3.05, 3.63) is 30.2 Å². The molecule has 2 aromatic rings. The molecule has 1 saturated heterocycles. The number of phenolic OH excluding ortho intramolecular Hbond substituents is 1. The molecule has 0 amide bonds. The van der Waals surface area contributed by atoms with Crippen LogP contribution in [0.3, 0.4) is 0 Å². The van der Waals surface area contributed by atoms with Gasteiger partial charge in [-0.3, -0.25) is 0 Å². The van der Waals surface area contributed by atoms with Gasteiger partial charge in [-0.05, 0) is 49.1 Å². The lowest BCUT2D eigenvalue weighted by molar-refractivity contribution is 0.146. The second kappa shape index (κ2) is 4.90. The number of aromatic hydroxyl groups is 1. The average Bonchev–Trinajstić information content (AvgIpc) is 2.88. The van der Waals surface area contributed by atoms with Gasteiger partial charge in [-0.1, -0.05) is 19.0 Å². The van der Waals surface area contributed by atoms with Crippen LogP contribution in [0.5, 0.6) is 5.75 Å². The molecule has 1 aliphatic heterocycles. The van der Waals surface area contributed by atoms with Crippen molar-refractivity contribution in [1.82, 2.24) is 15.5 Å². The fourth-order valence-corrected chi connectivity index (χ4v) is 2.71. The number of piperidine rings is 1. The molecule has 2 N–H and O–H groups in total. The van der Waals surface area contributed by atoms with Gasteiger partial charge < -0.3 is 14.9 Å². The van der Waals surface area contributed by atoms with Crippen LogP contribution in [0.2, 0.25) is 0 Å². The molecule has 0 spiro atoms. The summed E-state index contributed by atoms with van der Waals surface area (Å²) in [7, 11) is 0. The molecule has 1 aliphatic rings. The largest absolute Gasteiger partial charge is 0.508 e. The van der Waals surface area contributed by atoms with E-state index in [0.29, 0.717) is 11.7 Å². The third-order valence-corrected chi connectivity index (χ3v) is 3.94. The van der Waals surface area contributed by atoms with Crippen molar-refractivity contribution in [2.24, 2.45) is 5.41 Å². The minimum absolute atomic E-state index is 0.0922. The van der Waals surface area contributed by atoms with Crippen molar-refractivity contribution in [3.8, 4) is 17.1 Å². The molecule has 1 aromatic carbocycles. The number of hydrogen-bond acceptors (Lipinski definition) is 5. The van der Waals surface area contributed by atoms with Gasteiger partial charge in [-0.15, -0.1) is 0 Å². The topological polar surface area (TPSA) is 71.2 Å². The Morgan fingerprint density at radius 3 is 2.75 bits per heavy atom.